The summed E-state index contributed by atoms with van der Waals surface area (Å²) in [6.07, 6.45) is -2.44. The van der Waals surface area contributed by atoms with E-state index in [4.69, 9.17) is 17.3 Å². The van der Waals surface area contributed by atoms with Gasteiger partial charge in [0, 0.05) is 6.54 Å². The topological polar surface area (TPSA) is 59.2 Å². The number of nitrogens with two attached hydrogens (primary N) is 1. The lowest BCUT2D eigenvalue weighted by Gasteiger charge is -2.34. The summed E-state index contributed by atoms with van der Waals surface area (Å²) in [5, 5.41) is -0.261. The van der Waals surface area contributed by atoms with Crippen molar-refractivity contribution < 1.29 is 18.0 Å². The molecule has 2 heterocycles. The Kier molecular flexibility index (Phi) is 4.08. The van der Waals surface area contributed by atoms with E-state index in [1.807, 2.05) is 0 Å². The van der Waals surface area contributed by atoms with E-state index in [0.29, 0.717) is 13.0 Å². The SMILES string of the molecule is NC(=O)C1CCCCN1c1cc(C(F)(F)F)cc(Cl)n1. The molecule has 1 aromatic rings. The zero-order valence-corrected chi connectivity index (χ0v) is 11.2. The van der Waals surface area contributed by atoms with Crippen molar-refractivity contribution in [3.8, 4) is 0 Å². The van der Waals surface area contributed by atoms with Crippen molar-refractivity contribution in [3.63, 3.8) is 0 Å². The highest BCUT2D eigenvalue weighted by molar-refractivity contribution is 6.29. The molecule has 1 amide bonds. The van der Waals surface area contributed by atoms with Gasteiger partial charge in [-0.1, -0.05) is 11.6 Å². The molecule has 1 atom stereocenters. The molecule has 0 aromatic carbocycles. The van der Waals surface area contributed by atoms with Crippen molar-refractivity contribution in [2.45, 2.75) is 31.5 Å². The number of nitrogens with zero attached hydrogens (tertiary/aromatic N) is 2. The number of hydrogen-bond acceptors (Lipinski definition) is 3. The molecule has 0 bridgehead atoms. The molecule has 1 fully saturated rings. The fourth-order valence-electron chi connectivity index (χ4n) is 2.30. The van der Waals surface area contributed by atoms with Crippen LogP contribution in [0.5, 0.6) is 0 Å². The summed E-state index contributed by atoms with van der Waals surface area (Å²) in [6, 6.07) is 1.01. The monoisotopic (exact) mass is 307 g/mol. The Hall–Kier alpha value is -1.50. The maximum Gasteiger partial charge on any atom is 0.416 e. The summed E-state index contributed by atoms with van der Waals surface area (Å²) >= 11 is 5.65. The molecular weight excluding hydrogens is 295 g/mol. The van der Waals surface area contributed by atoms with Crippen LogP contribution < -0.4 is 10.6 Å². The second-order valence-corrected chi connectivity index (χ2v) is 5.03. The molecular formula is C12H13ClF3N3O. The Labute approximate surface area is 118 Å². The molecule has 4 nitrogen and oxygen atoms in total. The van der Waals surface area contributed by atoms with Gasteiger partial charge in [-0.2, -0.15) is 13.2 Å². The van der Waals surface area contributed by atoms with Gasteiger partial charge in [-0.25, -0.2) is 4.98 Å². The van der Waals surface area contributed by atoms with E-state index in [1.54, 1.807) is 0 Å². The predicted octanol–water partition coefficient (Wildman–Crippen LogP) is 2.60. The quantitative estimate of drug-likeness (QED) is 0.854. The molecule has 0 aliphatic carbocycles. The highest BCUT2D eigenvalue weighted by Crippen LogP contribution is 2.34. The summed E-state index contributed by atoms with van der Waals surface area (Å²) in [6.45, 7) is 0.429. The standard InChI is InChI=1S/C12H13ClF3N3O/c13-9-5-7(12(14,15)16)6-10(18-9)19-4-2-1-3-8(19)11(17)20/h5-6,8H,1-4H2,(H2,17,20). The van der Waals surface area contributed by atoms with Crippen molar-refractivity contribution in [3.05, 3.63) is 22.8 Å². The molecule has 2 rings (SSSR count). The van der Waals surface area contributed by atoms with Crippen molar-refractivity contribution in [1.82, 2.24) is 4.98 Å². The van der Waals surface area contributed by atoms with Gasteiger partial charge in [0.1, 0.15) is 17.0 Å². The minimum absolute atomic E-state index is 0.0355. The predicted molar refractivity (Wildman–Crippen MR) is 68.4 cm³/mol. The molecule has 1 aromatic heterocycles. The van der Waals surface area contributed by atoms with Crippen LogP contribution in [0.3, 0.4) is 0 Å². The molecule has 1 aliphatic heterocycles. The number of rotatable bonds is 2. The lowest BCUT2D eigenvalue weighted by molar-refractivity contribution is -0.137. The molecule has 0 radical (unpaired) electrons. The van der Waals surface area contributed by atoms with Crippen LogP contribution in [0.1, 0.15) is 24.8 Å². The third-order valence-corrected chi connectivity index (χ3v) is 3.43. The number of anilines is 1. The number of halogens is 4. The van der Waals surface area contributed by atoms with Gasteiger partial charge in [-0.3, -0.25) is 4.79 Å². The van der Waals surface area contributed by atoms with E-state index < -0.39 is 23.7 Å². The Morgan fingerprint density at radius 2 is 2.10 bits per heavy atom. The number of aromatic nitrogens is 1. The molecule has 0 saturated carbocycles. The summed E-state index contributed by atoms with van der Waals surface area (Å²) in [5.74, 6) is -0.534. The Morgan fingerprint density at radius 1 is 1.40 bits per heavy atom. The highest BCUT2D eigenvalue weighted by atomic mass is 35.5. The summed E-state index contributed by atoms with van der Waals surface area (Å²) in [4.78, 5) is 16.8. The van der Waals surface area contributed by atoms with Gasteiger partial charge in [0.05, 0.1) is 5.56 Å². The van der Waals surface area contributed by atoms with Crippen LogP contribution in [0.15, 0.2) is 12.1 Å². The lowest BCUT2D eigenvalue weighted by Crippen LogP contribution is -2.48. The van der Waals surface area contributed by atoms with Crippen LogP contribution in [0.2, 0.25) is 5.15 Å². The summed E-state index contributed by atoms with van der Waals surface area (Å²) in [5.41, 5.74) is 4.41. The molecule has 1 unspecified atom stereocenters. The van der Waals surface area contributed by atoms with E-state index in [-0.39, 0.29) is 11.0 Å². The van der Waals surface area contributed by atoms with Crippen molar-refractivity contribution in [2.75, 3.05) is 11.4 Å². The summed E-state index contributed by atoms with van der Waals surface area (Å²) < 4.78 is 38.3. The van der Waals surface area contributed by atoms with Gasteiger partial charge < -0.3 is 10.6 Å². The molecule has 20 heavy (non-hydrogen) atoms. The van der Waals surface area contributed by atoms with E-state index in [0.717, 1.165) is 25.0 Å². The summed E-state index contributed by atoms with van der Waals surface area (Å²) in [7, 11) is 0. The second kappa shape index (κ2) is 5.47. The van der Waals surface area contributed by atoms with E-state index >= 15 is 0 Å². The maximum absolute atomic E-state index is 12.8. The molecule has 8 heteroatoms. The van der Waals surface area contributed by atoms with Gasteiger partial charge in [-0.15, -0.1) is 0 Å². The van der Waals surface area contributed by atoms with Crippen LogP contribution >= 0.6 is 11.6 Å². The van der Waals surface area contributed by atoms with Gasteiger partial charge in [-0.05, 0) is 31.4 Å². The lowest BCUT2D eigenvalue weighted by atomic mass is 10.0. The van der Waals surface area contributed by atoms with E-state index in [9.17, 15) is 18.0 Å². The highest BCUT2D eigenvalue weighted by Gasteiger charge is 2.34. The third-order valence-electron chi connectivity index (χ3n) is 3.23. The van der Waals surface area contributed by atoms with Gasteiger partial charge in [0.15, 0.2) is 0 Å². The number of amides is 1. The second-order valence-electron chi connectivity index (χ2n) is 4.64. The van der Waals surface area contributed by atoms with Crippen molar-refractivity contribution in [1.29, 1.82) is 0 Å². The van der Waals surface area contributed by atoms with Gasteiger partial charge in [0.25, 0.3) is 0 Å². The Balaban J connectivity index is 2.40. The minimum atomic E-state index is -4.51. The third kappa shape index (κ3) is 3.15. The Bertz CT molecular complexity index is 521. The van der Waals surface area contributed by atoms with Crippen molar-refractivity contribution in [2.24, 2.45) is 5.73 Å². The maximum atomic E-state index is 12.8. The number of primary amides is 1. The first-order chi connectivity index (χ1) is 9.29. The molecule has 0 spiro atoms. The zero-order valence-electron chi connectivity index (χ0n) is 10.5. The van der Waals surface area contributed by atoms with Gasteiger partial charge in [0.2, 0.25) is 5.91 Å². The Morgan fingerprint density at radius 3 is 2.70 bits per heavy atom. The number of pyridine rings is 1. The average Bonchev–Trinajstić information content (AvgIpc) is 2.37. The van der Waals surface area contributed by atoms with E-state index in [2.05, 4.69) is 4.98 Å². The van der Waals surface area contributed by atoms with Crippen LogP contribution in [0.25, 0.3) is 0 Å². The number of piperidine rings is 1. The van der Waals surface area contributed by atoms with Crippen LogP contribution in [-0.2, 0) is 11.0 Å². The average molecular weight is 308 g/mol. The fraction of sp³-hybridized carbons (Fsp3) is 0.500. The number of hydrogen-bond donors (Lipinski definition) is 1. The minimum Gasteiger partial charge on any atom is -0.368 e. The first kappa shape index (κ1) is 14.9. The normalized spacial score (nSPS) is 20.0. The van der Waals surface area contributed by atoms with Gasteiger partial charge >= 0.3 is 6.18 Å². The molecule has 1 aliphatic rings. The van der Waals surface area contributed by atoms with E-state index in [1.165, 1.54) is 4.90 Å². The zero-order chi connectivity index (χ0) is 14.9. The fourth-order valence-corrected chi connectivity index (χ4v) is 2.50. The first-order valence-corrected chi connectivity index (χ1v) is 6.47. The van der Waals surface area contributed by atoms with Crippen LogP contribution in [0, 0.1) is 0 Å². The largest absolute Gasteiger partial charge is 0.416 e. The molecule has 2 N–H and O–H groups in total. The molecule has 1 saturated heterocycles. The van der Waals surface area contributed by atoms with Crippen LogP contribution in [-0.4, -0.2) is 23.5 Å². The smallest absolute Gasteiger partial charge is 0.368 e. The number of alkyl halides is 3. The number of carbonyl (C=O) groups is 1. The van der Waals surface area contributed by atoms with Crippen LogP contribution in [0.4, 0.5) is 19.0 Å². The van der Waals surface area contributed by atoms with Crippen molar-refractivity contribution >= 4 is 23.3 Å². The molecule has 110 valence electrons. The first-order valence-electron chi connectivity index (χ1n) is 6.10. The number of carbonyl (C=O) groups excluding carboxylic acids is 1.